The van der Waals surface area contributed by atoms with Crippen LogP contribution in [0, 0.1) is 3.57 Å². The van der Waals surface area contributed by atoms with Gasteiger partial charge < -0.3 is 14.4 Å². The van der Waals surface area contributed by atoms with Crippen LogP contribution in [0.4, 0.5) is 0 Å². The molecule has 2 heterocycles. The first-order valence-electron chi connectivity index (χ1n) is 7.05. The number of rotatable bonds is 2. The number of piperidine rings is 1. The molecule has 4 nitrogen and oxygen atoms in total. The van der Waals surface area contributed by atoms with Crippen LogP contribution in [0.15, 0.2) is 24.3 Å². The van der Waals surface area contributed by atoms with Crippen LogP contribution in [0.25, 0.3) is 0 Å². The van der Waals surface area contributed by atoms with Crippen molar-refractivity contribution in [2.45, 2.75) is 31.6 Å². The van der Waals surface area contributed by atoms with Crippen LogP contribution in [0.2, 0.25) is 0 Å². The lowest BCUT2D eigenvalue weighted by Crippen LogP contribution is -2.50. The molecule has 1 aromatic carbocycles. The average Bonchev–Trinajstić information content (AvgIpc) is 3.00. The minimum absolute atomic E-state index is 0.0524. The summed E-state index contributed by atoms with van der Waals surface area (Å²) in [5.41, 5.74) is 0.752. The van der Waals surface area contributed by atoms with Crippen LogP contribution in [-0.2, 0) is 9.47 Å². The molecule has 0 aliphatic carbocycles. The zero-order valence-corrected chi connectivity index (χ0v) is 13.4. The number of ether oxygens (including phenoxy) is 2. The van der Waals surface area contributed by atoms with Crippen LogP contribution < -0.4 is 0 Å². The van der Waals surface area contributed by atoms with Crippen LogP contribution in [0.1, 0.15) is 29.6 Å². The van der Waals surface area contributed by atoms with E-state index >= 15 is 0 Å². The molecule has 1 atom stereocenters. The Morgan fingerprint density at radius 1 is 1.25 bits per heavy atom. The molecule has 0 N–H and O–H groups in total. The summed E-state index contributed by atoms with van der Waals surface area (Å²) in [5, 5.41) is 0. The van der Waals surface area contributed by atoms with E-state index in [0.717, 1.165) is 34.9 Å². The van der Waals surface area contributed by atoms with Crippen molar-refractivity contribution in [2.75, 3.05) is 19.8 Å². The number of carbonyl (C=O) groups is 1. The Balaban J connectivity index is 1.80. The number of amides is 1. The predicted molar refractivity (Wildman–Crippen MR) is 83.5 cm³/mol. The van der Waals surface area contributed by atoms with Gasteiger partial charge in [0.2, 0.25) is 0 Å². The average molecular weight is 387 g/mol. The maximum Gasteiger partial charge on any atom is 0.254 e. The SMILES string of the molecule is O=C(c1cccc(I)c1)N1CCCCC1C1OCCO1. The molecule has 0 radical (unpaired) electrons. The van der Waals surface area contributed by atoms with Gasteiger partial charge in [-0.2, -0.15) is 0 Å². The molecule has 0 saturated carbocycles. The van der Waals surface area contributed by atoms with Crippen molar-refractivity contribution < 1.29 is 14.3 Å². The van der Waals surface area contributed by atoms with Crippen molar-refractivity contribution in [1.29, 1.82) is 0 Å². The Hall–Kier alpha value is -0.660. The summed E-state index contributed by atoms with van der Waals surface area (Å²) in [5.74, 6) is 0.0901. The number of hydrogen-bond acceptors (Lipinski definition) is 3. The van der Waals surface area contributed by atoms with E-state index in [2.05, 4.69) is 22.6 Å². The van der Waals surface area contributed by atoms with Crippen molar-refractivity contribution in [3.63, 3.8) is 0 Å². The normalized spacial score (nSPS) is 24.1. The van der Waals surface area contributed by atoms with Gasteiger partial charge in [0.05, 0.1) is 19.3 Å². The molecule has 0 spiro atoms. The molecule has 1 aromatic rings. The largest absolute Gasteiger partial charge is 0.348 e. The second-order valence-corrected chi connectivity index (χ2v) is 6.43. The van der Waals surface area contributed by atoms with Gasteiger partial charge in [0.15, 0.2) is 6.29 Å². The zero-order chi connectivity index (χ0) is 13.9. The first-order valence-corrected chi connectivity index (χ1v) is 8.13. The van der Waals surface area contributed by atoms with E-state index < -0.39 is 0 Å². The monoisotopic (exact) mass is 387 g/mol. The molecule has 2 aliphatic rings. The van der Waals surface area contributed by atoms with E-state index in [4.69, 9.17) is 9.47 Å². The summed E-state index contributed by atoms with van der Waals surface area (Å²) in [6.07, 6.45) is 2.89. The first kappa shape index (κ1) is 14.3. The van der Waals surface area contributed by atoms with E-state index in [9.17, 15) is 4.79 Å². The molecule has 0 aromatic heterocycles. The number of benzene rings is 1. The van der Waals surface area contributed by atoms with E-state index in [1.807, 2.05) is 29.2 Å². The molecule has 2 fully saturated rings. The Bertz CT molecular complexity index is 488. The van der Waals surface area contributed by atoms with E-state index in [0.29, 0.717) is 13.2 Å². The van der Waals surface area contributed by atoms with Gasteiger partial charge in [0.25, 0.3) is 5.91 Å². The maximum atomic E-state index is 12.7. The van der Waals surface area contributed by atoms with Crippen LogP contribution in [0.5, 0.6) is 0 Å². The molecule has 2 saturated heterocycles. The van der Waals surface area contributed by atoms with E-state index in [-0.39, 0.29) is 18.2 Å². The lowest BCUT2D eigenvalue weighted by atomic mass is 10.00. The second kappa shape index (κ2) is 6.41. The summed E-state index contributed by atoms with van der Waals surface area (Å²) >= 11 is 2.23. The summed E-state index contributed by atoms with van der Waals surface area (Å²) in [6, 6.07) is 7.79. The third kappa shape index (κ3) is 2.99. The van der Waals surface area contributed by atoms with Gasteiger partial charge in [-0.25, -0.2) is 0 Å². The number of hydrogen-bond donors (Lipinski definition) is 0. The minimum atomic E-state index is -0.248. The van der Waals surface area contributed by atoms with Gasteiger partial charge in [0, 0.05) is 15.7 Å². The molecule has 3 rings (SSSR count). The molecular formula is C15H18INO3. The van der Waals surface area contributed by atoms with Gasteiger partial charge in [-0.3, -0.25) is 4.79 Å². The van der Waals surface area contributed by atoms with Crippen molar-refractivity contribution in [1.82, 2.24) is 4.90 Å². The molecule has 108 valence electrons. The standard InChI is InChI=1S/C15H18INO3/c16-12-5-3-4-11(10-12)14(18)17-7-2-1-6-13(17)15-19-8-9-20-15/h3-5,10,13,15H,1-2,6-9H2. The molecule has 1 unspecified atom stereocenters. The Morgan fingerprint density at radius 3 is 2.80 bits per heavy atom. The second-order valence-electron chi connectivity index (χ2n) is 5.18. The zero-order valence-electron chi connectivity index (χ0n) is 11.3. The van der Waals surface area contributed by atoms with Crippen molar-refractivity contribution in [3.8, 4) is 0 Å². The van der Waals surface area contributed by atoms with Gasteiger partial charge in [-0.05, 0) is 60.1 Å². The predicted octanol–water partition coefficient (Wildman–Crippen LogP) is 2.66. The third-order valence-electron chi connectivity index (χ3n) is 3.84. The fourth-order valence-corrected chi connectivity index (χ4v) is 3.42. The summed E-state index contributed by atoms with van der Waals surface area (Å²) in [4.78, 5) is 14.7. The summed E-state index contributed by atoms with van der Waals surface area (Å²) in [6.45, 7) is 2.05. The molecule has 5 heteroatoms. The van der Waals surface area contributed by atoms with Crippen molar-refractivity contribution in [2.24, 2.45) is 0 Å². The highest BCUT2D eigenvalue weighted by Crippen LogP contribution is 2.26. The maximum absolute atomic E-state index is 12.7. The van der Waals surface area contributed by atoms with Crippen LogP contribution in [0.3, 0.4) is 0 Å². The Morgan fingerprint density at radius 2 is 2.05 bits per heavy atom. The van der Waals surface area contributed by atoms with Gasteiger partial charge in [-0.1, -0.05) is 6.07 Å². The number of carbonyl (C=O) groups excluding carboxylic acids is 1. The van der Waals surface area contributed by atoms with E-state index in [1.54, 1.807) is 0 Å². The lowest BCUT2D eigenvalue weighted by molar-refractivity contribution is -0.100. The number of nitrogens with zero attached hydrogens (tertiary/aromatic N) is 1. The first-order chi connectivity index (χ1) is 9.75. The van der Waals surface area contributed by atoms with Crippen LogP contribution >= 0.6 is 22.6 Å². The van der Waals surface area contributed by atoms with Gasteiger partial charge in [-0.15, -0.1) is 0 Å². The smallest absolute Gasteiger partial charge is 0.254 e. The quantitative estimate of drug-likeness (QED) is 0.733. The highest BCUT2D eigenvalue weighted by atomic mass is 127. The van der Waals surface area contributed by atoms with Gasteiger partial charge >= 0.3 is 0 Å². The molecule has 1 amide bonds. The van der Waals surface area contributed by atoms with E-state index in [1.165, 1.54) is 0 Å². The van der Waals surface area contributed by atoms with Crippen molar-refractivity contribution >= 4 is 28.5 Å². The third-order valence-corrected chi connectivity index (χ3v) is 4.51. The molecule has 2 aliphatic heterocycles. The van der Waals surface area contributed by atoms with Gasteiger partial charge in [0.1, 0.15) is 0 Å². The fourth-order valence-electron chi connectivity index (χ4n) is 2.88. The molecular weight excluding hydrogens is 369 g/mol. The molecule has 0 bridgehead atoms. The fraction of sp³-hybridized carbons (Fsp3) is 0.533. The van der Waals surface area contributed by atoms with Crippen LogP contribution in [-0.4, -0.2) is 42.9 Å². The lowest BCUT2D eigenvalue weighted by Gasteiger charge is -2.38. The topological polar surface area (TPSA) is 38.8 Å². The Kier molecular flexibility index (Phi) is 4.58. The number of likely N-dealkylation sites (tertiary alicyclic amines) is 1. The number of halogens is 1. The highest BCUT2D eigenvalue weighted by Gasteiger charge is 2.36. The highest BCUT2D eigenvalue weighted by molar-refractivity contribution is 14.1. The Labute approximate surface area is 132 Å². The van der Waals surface area contributed by atoms with Crippen molar-refractivity contribution in [3.05, 3.63) is 33.4 Å². The summed E-state index contributed by atoms with van der Waals surface area (Å²) < 4.78 is 12.3. The molecule has 20 heavy (non-hydrogen) atoms. The minimum Gasteiger partial charge on any atom is -0.348 e. The summed E-state index contributed by atoms with van der Waals surface area (Å²) in [7, 11) is 0.